The molecule has 0 spiro atoms. The van der Waals surface area contributed by atoms with Crippen LogP contribution in [-0.4, -0.2) is 45.8 Å². The number of carbonyl (C=O) groups is 2. The van der Waals surface area contributed by atoms with E-state index in [-0.39, 0.29) is 19.6 Å². The van der Waals surface area contributed by atoms with Crippen LogP contribution in [0.3, 0.4) is 0 Å². The lowest BCUT2D eigenvalue weighted by atomic mass is 10.1. The van der Waals surface area contributed by atoms with Crippen molar-refractivity contribution in [3.8, 4) is 5.75 Å². The van der Waals surface area contributed by atoms with Crippen LogP contribution in [0, 0.1) is 6.92 Å². The van der Waals surface area contributed by atoms with Crippen LogP contribution in [0.5, 0.6) is 5.75 Å². The van der Waals surface area contributed by atoms with E-state index in [9.17, 15) is 18.0 Å². The summed E-state index contributed by atoms with van der Waals surface area (Å²) >= 11 is 0. The highest BCUT2D eigenvalue weighted by Crippen LogP contribution is 2.34. The number of benzene rings is 2. The van der Waals surface area contributed by atoms with Gasteiger partial charge in [0.15, 0.2) is 6.10 Å². The molecule has 0 saturated carbocycles. The zero-order valence-corrected chi connectivity index (χ0v) is 17.9. The Balaban J connectivity index is 1.79. The lowest BCUT2D eigenvalue weighted by molar-refractivity contribution is -0.122. The van der Waals surface area contributed by atoms with Gasteiger partial charge in [0.2, 0.25) is 10.0 Å². The number of hydrogen-bond acceptors (Lipinski definition) is 6. The van der Waals surface area contributed by atoms with Crippen molar-refractivity contribution in [1.82, 2.24) is 0 Å². The maximum absolute atomic E-state index is 12.9. The van der Waals surface area contributed by atoms with Gasteiger partial charge in [-0.3, -0.25) is 9.10 Å². The number of carbonyl (C=O) groups excluding carboxylic acids is 2. The maximum Gasteiger partial charge on any atom is 0.338 e. The van der Waals surface area contributed by atoms with Crippen molar-refractivity contribution in [2.75, 3.05) is 29.0 Å². The average molecular weight is 432 g/mol. The molecule has 0 aromatic heterocycles. The second-order valence-electron chi connectivity index (χ2n) is 6.94. The van der Waals surface area contributed by atoms with Crippen LogP contribution in [0.1, 0.15) is 29.3 Å². The lowest BCUT2D eigenvalue weighted by Gasteiger charge is -2.20. The molecule has 0 bridgehead atoms. The van der Waals surface area contributed by atoms with Crippen molar-refractivity contribution in [3.05, 3.63) is 53.6 Å². The third-order valence-corrected chi connectivity index (χ3v) is 5.87. The lowest BCUT2D eigenvalue weighted by Crippen LogP contribution is -2.36. The fraction of sp³-hybridized carbons (Fsp3) is 0.333. The minimum atomic E-state index is -3.52. The van der Waals surface area contributed by atoms with Gasteiger partial charge in [-0.2, -0.15) is 0 Å². The number of aryl methyl sites for hydroxylation is 1. The van der Waals surface area contributed by atoms with Gasteiger partial charge >= 0.3 is 5.97 Å². The Kier molecular flexibility index (Phi) is 6.31. The molecule has 1 aliphatic rings. The van der Waals surface area contributed by atoms with Crippen LogP contribution >= 0.6 is 0 Å². The van der Waals surface area contributed by atoms with E-state index in [1.807, 2.05) is 0 Å². The summed E-state index contributed by atoms with van der Waals surface area (Å²) in [6.07, 6.45) is 0.439. The Hall–Kier alpha value is -3.07. The van der Waals surface area contributed by atoms with E-state index in [0.717, 1.165) is 6.26 Å². The van der Waals surface area contributed by atoms with Gasteiger partial charge in [0, 0.05) is 18.7 Å². The molecule has 3 rings (SSSR count). The van der Waals surface area contributed by atoms with Gasteiger partial charge in [-0.05, 0) is 49.7 Å². The fourth-order valence-electron chi connectivity index (χ4n) is 3.22. The van der Waals surface area contributed by atoms with Gasteiger partial charge in [0.05, 0.1) is 24.1 Å². The largest absolute Gasteiger partial charge is 0.478 e. The van der Waals surface area contributed by atoms with Gasteiger partial charge in [-0.1, -0.05) is 12.1 Å². The van der Waals surface area contributed by atoms with Gasteiger partial charge in [0.1, 0.15) is 5.75 Å². The van der Waals surface area contributed by atoms with Crippen molar-refractivity contribution in [3.63, 3.8) is 0 Å². The molecule has 2 aromatic carbocycles. The molecular formula is C21H24N2O6S. The molecule has 0 unspecified atom stereocenters. The first kappa shape index (κ1) is 21.6. The zero-order chi connectivity index (χ0) is 21.9. The summed E-state index contributed by atoms with van der Waals surface area (Å²) in [5.74, 6) is -0.495. The van der Waals surface area contributed by atoms with Crippen LogP contribution in [-0.2, 0) is 19.6 Å². The topological polar surface area (TPSA) is 102 Å². The average Bonchev–Trinajstić information content (AvgIpc) is 2.89. The van der Waals surface area contributed by atoms with Crippen molar-refractivity contribution in [2.45, 2.75) is 26.4 Å². The number of nitrogens with zero attached hydrogens (tertiary/aromatic N) is 1. The molecule has 0 fully saturated rings. The molecule has 1 heterocycles. The normalized spacial score (nSPS) is 16.1. The number of hydrogen-bond donors (Lipinski definition) is 1. The molecule has 2 aromatic rings. The molecule has 0 saturated heterocycles. The number of rotatable bonds is 5. The Morgan fingerprint density at radius 1 is 1.23 bits per heavy atom. The standard InChI is InChI=1S/C21H24N2O6S/c1-4-28-21(25)15-9-10-16(14(2)13-15)22-20(24)19-11-12-23(30(3,26)27)17-7-5-6-8-18(17)29-19/h5-10,13,19H,4,11-12H2,1-3H3,(H,22,24)/t19-/m0/s1. The molecule has 30 heavy (non-hydrogen) atoms. The summed E-state index contributed by atoms with van der Waals surface area (Å²) in [5.41, 5.74) is 2.04. The van der Waals surface area contributed by atoms with Gasteiger partial charge < -0.3 is 14.8 Å². The Labute approximate surface area is 175 Å². The second kappa shape index (κ2) is 8.74. The number of amides is 1. The van der Waals surface area contributed by atoms with E-state index in [1.165, 1.54) is 4.31 Å². The summed E-state index contributed by atoms with van der Waals surface area (Å²) in [4.78, 5) is 24.7. The zero-order valence-electron chi connectivity index (χ0n) is 17.0. The van der Waals surface area contributed by atoms with E-state index in [2.05, 4.69) is 5.32 Å². The molecule has 0 radical (unpaired) electrons. The van der Waals surface area contributed by atoms with Crippen LogP contribution in [0.4, 0.5) is 11.4 Å². The maximum atomic E-state index is 12.9. The third-order valence-electron chi connectivity index (χ3n) is 4.69. The molecule has 1 atom stereocenters. The first-order chi connectivity index (χ1) is 14.2. The SMILES string of the molecule is CCOC(=O)c1ccc(NC(=O)[C@@H]2CCN(S(C)(=O)=O)c3ccccc3O2)c(C)c1. The molecule has 1 N–H and O–H groups in total. The predicted octanol–water partition coefficient (Wildman–Crippen LogP) is 2.73. The van der Waals surface area contributed by atoms with Crippen LogP contribution < -0.4 is 14.4 Å². The van der Waals surface area contributed by atoms with Crippen molar-refractivity contribution in [1.29, 1.82) is 0 Å². The number of anilines is 2. The summed E-state index contributed by atoms with van der Waals surface area (Å²) in [7, 11) is -3.52. The first-order valence-electron chi connectivity index (χ1n) is 9.52. The Morgan fingerprint density at radius 2 is 1.97 bits per heavy atom. The van der Waals surface area contributed by atoms with Crippen molar-refractivity contribution >= 4 is 33.3 Å². The van der Waals surface area contributed by atoms with E-state index in [1.54, 1.807) is 56.3 Å². The summed E-state index contributed by atoms with van der Waals surface area (Å²) < 4.78 is 36.4. The van der Waals surface area contributed by atoms with Gasteiger partial charge in [0.25, 0.3) is 5.91 Å². The van der Waals surface area contributed by atoms with Crippen LogP contribution in [0.25, 0.3) is 0 Å². The van der Waals surface area contributed by atoms with Gasteiger partial charge in [-0.25, -0.2) is 13.2 Å². The smallest absolute Gasteiger partial charge is 0.338 e. The highest BCUT2D eigenvalue weighted by Gasteiger charge is 2.31. The van der Waals surface area contributed by atoms with Crippen molar-refractivity contribution < 1.29 is 27.5 Å². The van der Waals surface area contributed by atoms with E-state index >= 15 is 0 Å². The number of nitrogens with one attached hydrogen (secondary N) is 1. The quantitative estimate of drug-likeness (QED) is 0.729. The number of fused-ring (bicyclic) bond motifs is 1. The van der Waals surface area contributed by atoms with E-state index in [4.69, 9.17) is 9.47 Å². The minimum absolute atomic E-state index is 0.120. The highest BCUT2D eigenvalue weighted by atomic mass is 32.2. The number of ether oxygens (including phenoxy) is 2. The monoisotopic (exact) mass is 432 g/mol. The third kappa shape index (κ3) is 4.73. The fourth-order valence-corrected chi connectivity index (χ4v) is 4.16. The summed E-state index contributed by atoms with van der Waals surface area (Å²) in [6, 6.07) is 11.6. The second-order valence-corrected chi connectivity index (χ2v) is 8.84. The number of sulfonamides is 1. The molecule has 8 nitrogen and oxygen atoms in total. The van der Waals surface area contributed by atoms with Gasteiger partial charge in [-0.15, -0.1) is 0 Å². The highest BCUT2D eigenvalue weighted by molar-refractivity contribution is 7.92. The minimum Gasteiger partial charge on any atom is -0.478 e. The first-order valence-corrected chi connectivity index (χ1v) is 11.4. The molecule has 0 aliphatic carbocycles. The Morgan fingerprint density at radius 3 is 2.63 bits per heavy atom. The van der Waals surface area contributed by atoms with E-state index in [0.29, 0.717) is 28.3 Å². The van der Waals surface area contributed by atoms with Crippen LogP contribution in [0.2, 0.25) is 0 Å². The van der Waals surface area contributed by atoms with E-state index < -0.39 is 28.0 Å². The molecule has 160 valence electrons. The Bertz CT molecular complexity index is 1070. The molecule has 9 heteroatoms. The molecule has 1 aliphatic heterocycles. The molecule has 1 amide bonds. The number of para-hydroxylation sites is 2. The predicted molar refractivity (Wildman–Crippen MR) is 113 cm³/mol. The summed E-state index contributed by atoms with van der Waals surface area (Å²) in [6.45, 7) is 3.90. The summed E-state index contributed by atoms with van der Waals surface area (Å²) in [5, 5.41) is 2.81. The molecular weight excluding hydrogens is 408 g/mol. The van der Waals surface area contributed by atoms with Crippen LogP contribution in [0.15, 0.2) is 42.5 Å². The van der Waals surface area contributed by atoms with Crippen molar-refractivity contribution in [2.24, 2.45) is 0 Å². The number of esters is 1.